The van der Waals surface area contributed by atoms with E-state index < -0.39 is 36.0 Å². The predicted octanol–water partition coefficient (Wildman–Crippen LogP) is -1.54. The molecule has 108 valence electrons. The summed E-state index contributed by atoms with van der Waals surface area (Å²) < 4.78 is 4.94. The summed E-state index contributed by atoms with van der Waals surface area (Å²) in [6.07, 6.45) is -1.71. The first-order valence-electron chi connectivity index (χ1n) is 5.96. The topological polar surface area (TPSA) is 116 Å². The maximum atomic E-state index is 12.3. The van der Waals surface area contributed by atoms with E-state index in [9.17, 15) is 19.8 Å². The van der Waals surface area contributed by atoms with Crippen LogP contribution in [0.1, 0.15) is 10.4 Å². The van der Waals surface area contributed by atoms with Crippen molar-refractivity contribution in [2.24, 2.45) is 0 Å². The predicted molar refractivity (Wildman–Crippen MR) is 67.3 cm³/mol. The van der Waals surface area contributed by atoms with Gasteiger partial charge in [0.2, 0.25) is 11.4 Å². The van der Waals surface area contributed by atoms with Crippen molar-refractivity contribution in [1.29, 1.82) is 0 Å². The lowest BCUT2D eigenvalue weighted by atomic mass is 9.87. The third-order valence-corrected chi connectivity index (χ3v) is 3.37. The Morgan fingerprint density at radius 3 is 2.45 bits per heavy atom. The molecule has 1 heterocycles. The smallest absolute Gasteiger partial charge is 0.263 e. The van der Waals surface area contributed by atoms with Crippen LogP contribution in [0, 0.1) is 0 Å². The molecule has 1 aliphatic heterocycles. The van der Waals surface area contributed by atoms with Crippen molar-refractivity contribution in [2.45, 2.75) is 17.7 Å². The van der Waals surface area contributed by atoms with Gasteiger partial charge in [0.25, 0.3) is 5.91 Å². The highest BCUT2D eigenvalue weighted by atomic mass is 16.5. The number of carbonyl (C=O) groups is 2. The Morgan fingerprint density at radius 2 is 2.00 bits per heavy atom. The van der Waals surface area contributed by atoms with E-state index in [4.69, 9.17) is 9.84 Å². The molecular weight excluding hydrogens is 266 g/mol. The van der Waals surface area contributed by atoms with Crippen LogP contribution in [0.4, 0.5) is 0 Å². The SMILES string of the molecule is COc1ccc(C(=O)[C@]2(O)C(=O)N[C@H](CO)[C@H]2O)cc1. The van der Waals surface area contributed by atoms with Crippen molar-refractivity contribution >= 4 is 11.7 Å². The number of hydrogen-bond acceptors (Lipinski definition) is 6. The molecule has 1 fully saturated rings. The second-order valence-electron chi connectivity index (χ2n) is 4.53. The molecule has 1 saturated heterocycles. The number of carbonyl (C=O) groups excluding carboxylic acids is 2. The lowest BCUT2D eigenvalue weighted by Gasteiger charge is -2.23. The second-order valence-corrected chi connectivity index (χ2v) is 4.53. The molecule has 0 saturated carbocycles. The summed E-state index contributed by atoms with van der Waals surface area (Å²) in [4.78, 5) is 24.0. The molecular formula is C13H15NO6. The number of rotatable bonds is 4. The molecule has 0 aromatic heterocycles. The van der Waals surface area contributed by atoms with E-state index in [-0.39, 0.29) is 5.56 Å². The van der Waals surface area contributed by atoms with Crippen molar-refractivity contribution < 1.29 is 29.6 Å². The normalized spacial score (nSPS) is 29.1. The van der Waals surface area contributed by atoms with Crippen molar-refractivity contribution in [3.63, 3.8) is 0 Å². The Hall–Kier alpha value is -1.96. The zero-order valence-electron chi connectivity index (χ0n) is 10.7. The molecule has 0 aliphatic carbocycles. The van der Waals surface area contributed by atoms with Gasteiger partial charge in [-0.05, 0) is 24.3 Å². The molecule has 0 radical (unpaired) electrons. The number of amides is 1. The molecule has 4 N–H and O–H groups in total. The minimum atomic E-state index is -2.60. The molecule has 0 bridgehead atoms. The summed E-state index contributed by atoms with van der Waals surface area (Å²) in [5, 5.41) is 31.3. The van der Waals surface area contributed by atoms with Gasteiger partial charge in [-0.25, -0.2) is 0 Å². The van der Waals surface area contributed by atoms with Gasteiger partial charge in [-0.3, -0.25) is 9.59 Å². The van der Waals surface area contributed by atoms with Gasteiger partial charge in [0, 0.05) is 5.56 Å². The lowest BCUT2D eigenvalue weighted by Crippen LogP contribution is -2.53. The molecule has 1 aromatic carbocycles. The molecule has 1 amide bonds. The van der Waals surface area contributed by atoms with Crippen molar-refractivity contribution in [2.75, 3.05) is 13.7 Å². The number of hydrogen-bond donors (Lipinski definition) is 4. The molecule has 0 unspecified atom stereocenters. The Morgan fingerprint density at radius 1 is 1.40 bits per heavy atom. The highest BCUT2D eigenvalue weighted by Gasteiger charge is 2.58. The van der Waals surface area contributed by atoms with Crippen LogP contribution in [-0.4, -0.2) is 58.5 Å². The van der Waals surface area contributed by atoms with Gasteiger partial charge >= 0.3 is 0 Å². The number of ether oxygens (including phenoxy) is 1. The largest absolute Gasteiger partial charge is 0.497 e. The summed E-state index contributed by atoms with van der Waals surface area (Å²) in [5.41, 5.74) is -2.54. The Bertz CT molecular complexity index is 528. The standard InChI is InChI=1S/C13H15NO6/c1-20-8-4-2-7(3-5-8)10(16)13(19)11(17)9(6-15)14-12(13)18/h2-5,9,11,15,17,19H,6H2,1H3,(H,14,18)/t9-,11-,13-/m1/s1. The summed E-state index contributed by atoms with van der Waals surface area (Å²) >= 11 is 0. The highest BCUT2D eigenvalue weighted by molar-refractivity contribution is 6.18. The zero-order valence-corrected chi connectivity index (χ0v) is 10.7. The van der Waals surface area contributed by atoms with Crippen LogP contribution in [-0.2, 0) is 4.79 Å². The minimum absolute atomic E-state index is 0.0566. The summed E-state index contributed by atoms with van der Waals surface area (Å²) in [7, 11) is 1.46. The molecule has 0 spiro atoms. The third-order valence-electron chi connectivity index (χ3n) is 3.37. The van der Waals surface area contributed by atoms with E-state index in [2.05, 4.69) is 5.32 Å². The van der Waals surface area contributed by atoms with E-state index in [0.717, 1.165) is 0 Å². The summed E-state index contributed by atoms with van der Waals surface area (Å²) in [6, 6.07) is 4.69. The molecule has 1 aromatic rings. The van der Waals surface area contributed by atoms with Crippen LogP contribution >= 0.6 is 0 Å². The average molecular weight is 281 g/mol. The van der Waals surface area contributed by atoms with Crippen LogP contribution in [0.15, 0.2) is 24.3 Å². The van der Waals surface area contributed by atoms with Crippen LogP contribution in [0.5, 0.6) is 5.75 Å². The number of Topliss-reactive ketones (excluding diaryl/α,β-unsaturated/α-hetero) is 1. The maximum absolute atomic E-state index is 12.3. The monoisotopic (exact) mass is 281 g/mol. The van der Waals surface area contributed by atoms with Gasteiger partial charge in [0.1, 0.15) is 11.9 Å². The molecule has 2 rings (SSSR count). The summed E-state index contributed by atoms with van der Waals surface area (Å²) in [5.74, 6) is -1.44. The number of aliphatic hydroxyl groups excluding tert-OH is 2. The Kier molecular flexibility index (Phi) is 3.76. The number of aliphatic hydroxyl groups is 3. The van der Waals surface area contributed by atoms with E-state index in [1.807, 2.05) is 0 Å². The summed E-state index contributed by atoms with van der Waals surface area (Å²) in [6.45, 7) is -0.578. The fourth-order valence-electron chi connectivity index (χ4n) is 2.13. The fourth-order valence-corrected chi connectivity index (χ4v) is 2.13. The first-order valence-corrected chi connectivity index (χ1v) is 5.96. The van der Waals surface area contributed by atoms with Gasteiger partial charge in [-0.1, -0.05) is 0 Å². The van der Waals surface area contributed by atoms with Crippen LogP contribution < -0.4 is 10.1 Å². The van der Waals surface area contributed by atoms with Gasteiger partial charge in [-0.15, -0.1) is 0 Å². The van der Waals surface area contributed by atoms with E-state index in [0.29, 0.717) is 5.75 Å². The van der Waals surface area contributed by atoms with E-state index >= 15 is 0 Å². The average Bonchev–Trinajstić information content (AvgIpc) is 2.71. The van der Waals surface area contributed by atoms with Crippen LogP contribution in [0.2, 0.25) is 0 Å². The second kappa shape index (κ2) is 5.20. The van der Waals surface area contributed by atoms with Crippen molar-refractivity contribution in [3.05, 3.63) is 29.8 Å². The molecule has 7 heteroatoms. The van der Waals surface area contributed by atoms with Crippen LogP contribution in [0.25, 0.3) is 0 Å². The Labute approximate surface area is 114 Å². The molecule has 1 aliphatic rings. The quantitative estimate of drug-likeness (QED) is 0.393. The molecule has 7 nitrogen and oxygen atoms in total. The maximum Gasteiger partial charge on any atom is 0.263 e. The van der Waals surface area contributed by atoms with Gasteiger partial charge in [0.15, 0.2) is 0 Å². The van der Waals surface area contributed by atoms with Gasteiger partial charge in [-0.2, -0.15) is 0 Å². The number of benzene rings is 1. The van der Waals surface area contributed by atoms with E-state index in [1.54, 1.807) is 0 Å². The number of nitrogens with one attached hydrogen (secondary N) is 1. The Balaban J connectivity index is 2.33. The first-order chi connectivity index (χ1) is 9.44. The van der Waals surface area contributed by atoms with E-state index in [1.165, 1.54) is 31.4 Å². The van der Waals surface area contributed by atoms with Gasteiger partial charge in [0.05, 0.1) is 19.8 Å². The van der Waals surface area contributed by atoms with Crippen LogP contribution in [0.3, 0.4) is 0 Å². The molecule has 20 heavy (non-hydrogen) atoms. The molecule has 3 atom stereocenters. The lowest BCUT2D eigenvalue weighted by molar-refractivity contribution is -0.135. The number of methoxy groups -OCH3 is 1. The van der Waals surface area contributed by atoms with Gasteiger partial charge < -0.3 is 25.4 Å². The third kappa shape index (κ3) is 2.05. The zero-order chi connectivity index (χ0) is 14.9. The number of ketones is 1. The van der Waals surface area contributed by atoms with Crippen molar-refractivity contribution in [3.8, 4) is 5.75 Å². The highest BCUT2D eigenvalue weighted by Crippen LogP contribution is 2.26. The first kappa shape index (κ1) is 14.4. The minimum Gasteiger partial charge on any atom is -0.497 e. The van der Waals surface area contributed by atoms with Crippen molar-refractivity contribution in [1.82, 2.24) is 5.32 Å². The fraction of sp³-hybridized carbons (Fsp3) is 0.385.